The van der Waals surface area contributed by atoms with Crippen molar-refractivity contribution in [3.05, 3.63) is 88.0 Å². The van der Waals surface area contributed by atoms with Crippen molar-refractivity contribution in [3.8, 4) is 23.0 Å². The lowest BCUT2D eigenvalue weighted by Gasteiger charge is -2.29. The van der Waals surface area contributed by atoms with Crippen molar-refractivity contribution in [2.24, 2.45) is 0 Å². The van der Waals surface area contributed by atoms with Gasteiger partial charge >= 0.3 is 12.1 Å². The van der Waals surface area contributed by atoms with Crippen LogP contribution in [0.5, 0.6) is 23.0 Å². The Bertz CT molecular complexity index is 1490. The van der Waals surface area contributed by atoms with E-state index in [0.29, 0.717) is 29.5 Å². The van der Waals surface area contributed by atoms with Crippen LogP contribution in [-0.2, 0) is 22.3 Å². The summed E-state index contributed by atoms with van der Waals surface area (Å²) in [4.78, 5) is 25.5. The highest BCUT2D eigenvalue weighted by Crippen LogP contribution is 2.45. The summed E-state index contributed by atoms with van der Waals surface area (Å²) in [6.45, 7) is -0.399. The number of carbonyl (C=O) groups is 2. The molecule has 0 aliphatic heterocycles. The number of halogens is 4. The number of hydrogen-bond acceptors (Lipinski definition) is 7. The van der Waals surface area contributed by atoms with Gasteiger partial charge in [0, 0.05) is 34.9 Å². The summed E-state index contributed by atoms with van der Waals surface area (Å²) in [5.74, 6) is -1.50. The predicted molar refractivity (Wildman–Crippen MR) is 148 cm³/mol. The SMILES string of the molecule is COc1ccc(CN(C(=O)C=CC(=O)O)c2cc(C(F)(F)F)c(Cl)cc2C(O)c2cccc(OC)c2OC)c(OC)c1. The average Bonchev–Trinajstić information content (AvgIpc) is 2.97. The summed E-state index contributed by atoms with van der Waals surface area (Å²) in [5, 5.41) is 19.9. The minimum atomic E-state index is -4.94. The van der Waals surface area contributed by atoms with Crippen molar-refractivity contribution in [2.75, 3.05) is 33.3 Å². The van der Waals surface area contributed by atoms with Crippen LogP contribution in [-0.4, -0.2) is 50.5 Å². The molecule has 0 spiro atoms. The first-order chi connectivity index (χ1) is 19.9. The Labute approximate surface area is 244 Å². The fourth-order valence-corrected chi connectivity index (χ4v) is 4.49. The molecule has 0 bridgehead atoms. The molecule has 0 heterocycles. The Hall–Kier alpha value is -4.42. The maximum absolute atomic E-state index is 14.0. The van der Waals surface area contributed by atoms with Gasteiger partial charge in [-0.1, -0.05) is 23.7 Å². The van der Waals surface area contributed by atoms with Crippen LogP contribution in [0.15, 0.2) is 60.7 Å². The zero-order valence-corrected chi connectivity index (χ0v) is 23.6. The molecule has 9 nitrogen and oxygen atoms in total. The van der Waals surface area contributed by atoms with E-state index in [1.165, 1.54) is 52.7 Å². The Morgan fingerprint density at radius 3 is 2.19 bits per heavy atom. The maximum atomic E-state index is 14.0. The van der Waals surface area contributed by atoms with Gasteiger partial charge in [0.25, 0.3) is 5.91 Å². The molecule has 0 saturated carbocycles. The largest absolute Gasteiger partial charge is 0.497 e. The predicted octanol–water partition coefficient (Wildman–Crippen LogP) is 5.65. The van der Waals surface area contributed by atoms with Crippen molar-refractivity contribution in [2.45, 2.75) is 18.8 Å². The highest BCUT2D eigenvalue weighted by molar-refractivity contribution is 6.31. The van der Waals surface area contributed by atoms with Crippen LogP contribution in [0, 0.1) is 0 Å². The second-order valence-corrected chi connectivity index (χ2v) is 9.05. The number of aliphatic carboxylic acids is 1. The van der Waals surface area contributed by atoms with E-state index in [0.717, 1.165) is 11.0 Å². The van der Waals surface area contributed by atoms with Gasteiger partial charge in [-0.15, -0.1) is 0 Å². The molecule has 0 aliphatic carbocycles. The smallest absolute Gasteiger partial charge is 0.417 e. The van der Waals surface area contributed by atoms with Gasteiger partial charge in [0.2, 0.25) is 0 Å². The molecular weight excluding hydrogens is 583 g/mol. The molecular formula is C29H27ClF3NO8. The summed E-state index contributed by atoms with van der Waals surface area (Å²) in [6, 6.07) is 10.7. The van der Waals surface area contributed by atoms with E-state index >= 15 is 0 Å². The fourth-order valence-electron chi connectivity index (χ4n) is 4.21. The number of alkyl halides is 3. The molecule has 1 atom stereocenters. The lowest BCUT2D eigenvalue weighted by molar-refractivity contribution is -0.137. The van der Waals surface area contributed by atoms with E-state index in [2.05, 4.69) is 0 Å². The average molecular weight is 610 g/mol. The number of aliphatic hydroxyl groups is 1. The van der Waals surface area contributed by atoms with Gasteiger partial charge in [-0.2, -0.15) is 13.2 Å². The molecule has 13 heteroatoms. The summed E-state index contributed by atoms with van der Waals surface area (Å²) < 4.78 is 63.4. The summed E-state index contributed by atoms with van der Waals surface area (Å²) in [7, 11) is 5.46. The van der Waals surface area contributed by atoms with Crippen molar-refractivity contribution in [3.63, 3.8) is 0 Å². The summed E-state index contributed by atoms with van der Waals surface area (Å²) >= 11 is 6.06. The molecule has 3 aromatic rings. The quantitative estimate of drug-likeness (QED) is 0.268. The third kappa shape index (κ3) is 7.07. The molecule has 0 aliphatic rings. The van der Waals surface area contributed by atoms with Crippen LogP contribution in [0.3, 0.4) is 0 Å². The fraction of sp³-hybridized carbons (Fsp3) is 0.241. The number of carboxylic acids is 1. The Balaban J connectivity index is 2.34. The number of amides is 1. The van der Waals surface area contributed by atoms with E-state index in [1.54, 1.807) is 12.1 Å². The van der Waals surface area contributed by atoms with E-state index < -0.39 is 47.0 Å². The van der Waals surface area contributed by atoms with Crippen molar-refractivity contribution >= 4 is 29.2 Å². The molecule has 224 valence electrons. The monoisotopic (exact) mass is 609 g/mol. The molecule has 2 N–H and O–H groups in total. The molecule has 3 rings (SSSR count). The van der Waals surface area contributed by atoms with Gasteiger partial charge in [0.15, 0.2) is 11.5 Å². The Morgan fingerprint density at radius 1 is 0.929 bits per heavy atom. The van der Waals surface area contributed by atoms with Crippen molar-refractivity contribution < 1.29 is 51.9 Å². The number of benzene rings is 3. The minimum absolute atomic E-state index is 0.0925. The van der Waals surface area contributed by atoms with Gasteiger partial charge in [-0.05, 0) is 30.3 Å². The second-order valence-electron chi connectivity index (χ2n) is 8.65. The molecule has 0 aromatic heterocycles. The van der Waals surface area contributed by atoms with Gasteiger partial charge in [0.1, 0.15) is 17.6 Å². The van der Waals surface area contributed by atoms with Crippen molar-refractivity contribution in [1.82, 2.24) is 0 Å². The standard InChI is InChI=1S/C29H27ClF3NO8/c1-39-17-9-8-16(24(12-17)41-3)15-34(25(35)10-11-26(36)37)22-14-20(29(31,32)33)21(30)13-19(22)27(38)18-6-5-7-23(40-2)28(18)42-4/h5-14,27,38H,15H2,1-4H3,(H,36,37). The van der Waals surface area contributed by atoms with Gasteiger partial charge in [0.05, 0.1) is 51.3 Å². The third-order valence-corrected chi connectivity index (χ3v) is 6.51. The molecule has 1 amide bonds. The number of carboxylic acid groups (broad SMARTS) is 1. The lowest BCUT2D eigenvalue weighted by atomic mass is 9.96. The Morgan fingerprint density at radius 2 is 1.62 bits per heavy atom. The minimum Gasteiger partial charge on any atom is -0.497 e. The number of carbonyl (C=O) groups excluding carboxylic acids is 1. The number of ether oxygens (including phenoxy) is 4. The third-order valence-electron chi connectivity index (χ3n) is 6.19. The summed E-state index contributed by atoms with van der Waals surface area (Å²) in [6.07, 6.45) is -5.39. The van der Waals surface area contributed by atoms with Crippen LogP contribution < -0.4 is 23.8 Å². The highest BCUT2D eigenvalue weighted by Gasteiger charge is 2.37. The van der Waals surface area contributed by atoms with E-state index in [4.69, 9.17) is 35.7 Å². The number of para-hydroxylation sites is 1. The molecule has 42 heavy (non-hydrogen) atoms. The second kappa shape index (κ2) is 13.5. The number of methoxy groups -OCH3 is 4. The van der Waals surface area contributed by atoms with Crippen molar-refractivity contribution in [1.29, 1.82) is 0 Å². The molecule has 0 saturated heterocycles. The molecule has 0 radical (unpaired) electrons. The maximum Gasteiger partial charge on any atom is 0.417 e. The van der Waals surface area contributed by atoms with Gasteiger partial charge in [-0.3, -0.25) is 4.79 Å². The Kier molecular flexibility index (Phi) is 10.3. The van der Waals surface area contributed by atoms with E-state index in [1.807, 2.05) is 0 Å². The first-order valence-electron chi connectivity index (χ1n) is 12.1. The highest BCUT2D eigenvalue weighted by atomic mass is 35.5. The van der Waals surface area contributed by atoms with Crippen LogP contribution >= 0.6 is 11.6 Å². The number of hydrogen-bond donors (Lipinski definition) is 2. The van der Waals surface area contributed by atoms with Crippen LogP contribution in [0.2, 0.25) is 5.02 Å². The number of rotatable bonds is 11. The van der Waals surface area contributed by atoms with Crippen LogP contribution in [0.4, 0.5) is 18.9 Å². The number of anilines is 1. The van der Waals surface area contributed by atoms with Gasteiger partial charge < -0.3 is 34.1 Å². The van der Waals surface area contributed by atoms with Crippen LogP contribution in [0.25, 0.3) is 0 Å². The molecule has 0 fully saturated rings. The lowest BCUT2D eigenvalue weighted by Crippen LogP contribution is -2.31. The van der Waals surface area contributed by atoms with Gasteiger partial charge in [-0.25, -0.2) is 4.79 Å². The summed E-state index contributed by atoms with van der Waals surface area (Å²) in [5.41, 5.74) is -1.46. The zero-order chi connectivity index (χ0) is 31.2. The first kappa shape index (κ1) is 32.1. The molecule has 1 unspecified atom stereocenters. The molecule has 3 aromatic carbocycles. The number of aliphatic hydroxyl groups excluding tert-OH is 1. The normalized spacial score (nSPS) is 12.1. The van der Waals surface area contributed by atoms with Crippen LogP contribution in [0.1, 0.15) is 28.4 Å². The zero-order valence-electron chi connectivity index (χ0n) is 22.9. The number of nitrogens with zero attached hydrogens (tertiary/aromatic N) is 1. The first-order valence-corrected chi connectivity index (χ1v) is 12.5. The van der Waals surface area contributed by atoms with E-state index in [-0.39, 0.29) is 28.4 Å². The van der Waals surface area contributed by atoms with E-state index in [9.17, 15) is 27.9 Å². The topological polar surface area (TPSA) is 115 Å².